The Hall–Kier alpha value is -7.41. The van der Waals surface area contributed by atoms with Gasteiger partial charge in [0.25, 0.3) is 0 Å². The van der Waals surface area contributed by atoms with E-state index in [-0.39, 0.29) is 0 Å². The number of hydrogen-bond acceptors (Lipinski definition) is 3. The summed E-state index contributed by atoms with van der Waals surface area (Å²) in [5.74, 6) is 3.00. The monoisotopic (exact) mass is 909 g/mol. The Kier molecular flexibility index (Phi) is 10.6. The van der Waals surface area contributed by atoms with Crippen LogP contribution in [-0.2, 0) is 0 Å². The van der Waals surface area contributed by atoms with Crippen LogP contribution in [-0.4, -0.2) is 32.2 Å². The minimum absolute atomic E-state index is 0.469. The fraction of sp³-hybridized carbons (Fsp3) is 0.190. The van der Waals surface area contributed by atoms with E-state index in [0.29, 0.717) is 23.7 Å². The number of rotatable bonds is 9. The smallest absolute Gasteiger partial charge is 0.240 e. The van der Waals surface area contributed by atoms with Crippen LogP contribution in [0.15, 0.2) is 200 Å². The summed E-state index contributed by atoms with van der Waals surface area (Å²) in [4.78, 5) is 17.3. The van der Waals surface area contributed by atoms with E-state index in [1.165, 1.54) is 123 Å². The molecule has 2 fully saturated rings. The predicted octanol–water partition coefficient (Wildman–Crippen LogP) is 13.2. The van der Waals surface area contributed by atoms with Gasteiger partial charge in [-0.25, -0.2) is 0 Å². The van der Waals surface area contributed by atoms with Crippen molar-refractivity contribution in [1.29, 1.82) is 0 Å². The van der Waals surface area contributed by atoms with E-state index in [0.717, 1.165) is 27.9 Å². The molecule has 2 saturated carbocycles. The number of hydrogen-bond donors (Lipinski definition) is 0. The molecule has 336 valence electrons. The number of fused-ring (bicyclic) bond motifs is 6. The van der Waals surface area contributed by atoms with Gasteiger partial charge in [0.05, 0.1) is 22.1 Å². The van der Waals surface area contributed by atoms with E-state index >= 15 is 0 Å². The first kappa shape index (κ1) is 41.7. The summed E-state index contributed by atoms with van der Waals surface area (Å²) in [6, 6.07) is 74.4. The molecular weight excluding hydrogens is 855 g/mol. The van der Waals surface area contributed by atoms with Crippen molar-refractivity contribution in [1.82, 2.24) is 24.1 Å². The Morgan fingerprint density at radius 3 is 1.17 bits per heavy atom. The zero-order valence-electron chi connectivity index (χ0n) is 39.0. The molecule has 0 atom stereocenters. The molecule has 69 heavy (non-hydrogen) atoms. The van der Waals surface area contributed by atoms with Crippen LogP contribution in [0.2, 0.25) is 0 Å². The number of para-hydroxylation sites is 3. The molecule has 0 radical (unpaired) electrons. The molecule has 3 aromatic heterocycles. The van der Waals surface area contributed by atoms with E-state index in [1.54, 1.807) is 0 Å². The van der Waals surface area contributed by atoms with Crippen LogP contribution in [0.4, 0.5) is 0 Å². The molecule has 0 N–H and O–H groups in total. The standard InChI is InChI=1S/C63H55N5Si/c1-6-23-44(24-7-1)50-36-22-37-51(45-25-8-2-9-26-45)60(50)61-64-62(67-56-38-19-16-33-52(56)53-34-17-20-39-57(53)67)66-63(65-61)68-58-40-21-18-35-54(58)55-42-41-49(43-59(55)68)69(46-27-10-3-11-28-46,47-29-12-4-13-30-47)48-31-14-5-15-32-48/h3-5,10-22,27-45H,1-2,6-9,23-26H2. The Morgan fingerprint density at radius 1 is 0.333 bits per heavy atom. The zero-order chi connectivity index (χ0) is 45.7. The van der Waals surface area contributed by atoms with Gasteiger partial charge < -0.3 is 0 Å². The summed E-state index contributed by atoms with van der Waals surface area (Å²) in [6.45, 7) is 0. The average molecular weight is 910 g/mol. The molecule has 2 aliphatic rings. The molecule has 5 nitrogen and oxygen atoms in total. The van der Waals surface area contributed by atoms with Crippen LogP contribution >= 0.6 is 0 Å². The number of aromatic nitrogens is 5. The topological polar surface area (TPSA) is 48.5 Å². The van der Waals surface area contributed by atoms with Gasteiger partial charge in [-0.05, 0) is 93.7 Å². The molecule has 0 saturated heterocycles. The van der Waals surface area contributed by atoms with Gasteiger partial charge in [0.1, 0.15) is 0 Å². The first-order valence-electron chi connectivity index (χ1n) is 25.3. The van der Waals surface area contributed by atoms with Gasteiger partial charge in [0.15, 0.2) is 13.9 Å². The quantitative estimate of drug-likeness (QED) is 0.107. The molecule has 0 aliphatic heterocycles. The van der Waals surface area contributed by atoms with Crippen LogP contribution in [0.3, 0.4) is 0 Å². The van der Waals surface area contributed by atoms with Crippen molar-refractivity contribution in [3.8, 4) is 23.3 Å². The zero-order valence-corrected chi connectivity index (χ0v) is 40.0. The second kappa shape index (κ2) is 17.6. The highest BCUT2D eigenvalue weighted by molar-refractivity contribution is 7.20. The highest BCUT2D eigenvalue weighted by Gasteiger charge is 2.42. The molecule has 3 heterocycles. The lowest BCUT2D eigenvalue weighted by Crippen LogP contribution is -2.74. The normalized spacial score (nSPS) is 15.1. The second-order valence-corrected chi connectivity index (χ2v) is 23.4. The van der Waals surface area contributed by atoms with Crippen LogP contribution < -0.4 is 20.7 Å². The summed E-state index contributed by atoms with van der Waals surface area (Å²) in [5.41, 5.74) is 8.41. The van der Waals surface area contributed by atoms with Crippen molar-refractivity contribution in [2.75, 3.05) is 0 Å². The van der Waals surface area contributed by atoms with Crippen molar-refractivity contribution in [3.63, 3.8) is 0 Å². The van der Waals surface area contributed by atoms with Crippen LogP contribution in [0.1, 0.15) is 87.2 Å². The maximum Gasteiger partial charge on any atom is 0.240 e. The third kappa shape index (κ3) is 6.98. The molecular formula is C63H55N5Si. The maximum atomic E-state index is 5.83. The summed E-state index contributed by atoms with van der Waals surface area (Å²) in [7, 11) is -2.89. The largest absolute Gasteiger partial charge is 0.278 e. The van der Waals surface area contributed by atoms with Gasteiger partial charge >= 0.3 is 0 Å². The lowest BCUT2D eigenvalue weighted by molar-refractivity contribution is 0.436. The highest BCUT2D eigenvalue weighted by Crippen LogP contribution is 2.45. The van der Waals surface area contributed by atoms with Crippen molar-refractivity contribution in [3.05, 3.63) is 211 Å². The molecule has 8 aromatic carbocycles. The average Bonchev–Trinajstić information content (AvgIpc) is 3.95. The SMILES string of the molecule is c1ccc([Si](c2ccccc2)(c2ccccc2)c2ccc3c4ccccc4n(-c4nc(-c5c(C6CCCCC6)cccc5C5CCCCC5)nc(-n5c6ccccc6c6ccccc65)n4)c3c2)cc1. The number of nitrogens with zero attached hydrogens (tertiary/aromatic N) is 5. The molecule has 0 bridgehead atoms. The molecule has 11 aromatic rings. The lowest BCUT2D eigenvalue weighted by atomic mass is 9.76. The Labute approximate surface area is 405 Å². The van der Waals surface area contributed by atoms with Crippen molar-refractivity contribution < 1.29 is 0 Å². The fourth-order valence-corrected chi connectivity index (χ4v) is 17.4. The fourth-order valence-electron chi connectivity index (χ4n) is 12.6. The number of benzene rings is 8. The Balaban J connectivity index is 1.14. The van der Waals surface area contributed by atoms with E-state index < -0.39 is 8.07 Å². The van der Waals surface area contributed by atoms with Gasteiger partial charge in [0.2, 0.25) is 11.9 Å². The van der Waals surface area contributed by atoms with Gasteiger partial charge in [-0.1, -0.05) is 214 Å². The van der Waals surface area contributed by atoms with Gasteiger partial charge in [-0.15, -0.1) is 0 Å². The van der Waals surface area contributed by atoms with Crippen molar-refractivity contribution in [2.45, 2.75) is 76.0 Å². The third-order valence-corrected chi connectivity index (χ3v) is 20.5. The van der Waals surface area contributed by atoms with Gasteiger partial charge in [0, 0.05) is 27.1 Å². The van der Waals surface area contributed by atoms with Crippen LogP contribution in [0.25, 0.3) is 66.9 Å². The third-order valence-electron chi connectivity index (χ3n) is 15.8. The minimum atomic E-state index is -2.89. The molecule has 13 rings (SSSR count). The van der Waals surface area contributed by atoms with Gasteiger partial charge in [-0.2, -0.15) is 15.0 Å². The lowest BCUT2D eigenvalue weighted by Gasteiger charge is -2.34. The first-order chi connectivity index (χ1) is 34.3. The van der Waals surface area contributed by atoms with Crippen molar-refractivity contribution in [2.24, 2.45) is 0 Å². The van der Waals surface area contributed by atoms with E-state index in [1.807, 2.05) is 0 Å². The summed E-state index contributed by atoms with van der Waals surface area (Å²) in [5, 5.41) is 10.1. The van der Waals surface area contributed by atoms with Crippen LogP contribution in [0.5, 0.6) is 0 Å². The molecule has 0 amide bonds. The molecule has 0 unspecified atom stereocenters. The van der Waals surface area contributed by atoms with E-state index in [2.05, 4.69) is 209 Å². The Bertz CT molecular complexity index is 3450. The summed E-state index contributed by atoms with van der Waals surface area (Å²) >= 11 is 0. The Morgan fingerprint density at radius 2 is 0.725 bits per heavy atom. The van der Waals surface area contributed by atoms with E-state index in [4.69, 9.17) is 15.0 Å². The van der Waals surface area contributed by atoms with Gasteiger partial charge in [-0.3, -0.25) is 9.13 Å². The highest BCUT2D eigenvalue weighted by atomic mass is 28.3. The summed E-state index contributed by atoms with van der Waals surface area (Å²) in [6.07, 6.45) is 12.4. The minimum Gasteiger partial charge on any atom is -0.278 e. The van der Waals surface area contributed by atoms with Crippen LogP contribution in [0, 0.1) is 0 Å². The first-order valence-corrected chi connectivity index (χ1v) is 27.3. The molecule has 2 aliphatic carbocycles. The van der Waals surface area contributed by atoms with Crippen molar-refractivity contribution >= 4 is 72.4 Å². The summed E-state index contributed by atoms with van der Waals surface area (Å²) < 4.78 is 4.65. The molecule has 6 heteroatoms. The molecule has 0 spiro atoms. The predicted molar refractivity (Wildman–Crippen MR) is 289 cm³/mol. The van der Waals surface area contributed by atoms with E-state index in [9.17, 15) is 0 Å². The second-order valence-electron chi connectivity index (χ2n) is 19.5. The maximum absolute atomic E-state index is 5.83.